The van der Waals surface area contributed by atoms with Crippen molar-refractivity contribution >= 4 is 41.7 Å². The van der Waals surface area contributed by atoms with Crippen LogP contribution in [0.4, 0.5) is 4.79 Å². The highest BCUT2D eigenvalue weighted by Gasteiger charge is 2.32. The molecule has 4 atom stereocenters. The third-order valence-electron chi connectivity index (χ3n) is 6.45. The molecule has 2 aromatic rings. The van der Waals surface area contributed by atoms with E-state index in [-0.39, 0.29) is 38.2 Å². The van der Waals surface area contributed by atoms with Gasteiger partial charge in [-0.05, 0) is 24.3 Å². The molecule has 0 radical (unpaired) electrons. The van der Waals surface area contributed by atoms with Crippen molar-refractivity contribution in [3.63, 3.8) is 0 Å². The third kappa shape index (κ3) is 13.4. The van der Waals surface area contributed by atoms with Gasteiger partial charge in [0.25, 0.3) is 0 Å². The summed E-state index contributed by atoms with van der Waals surface area (Å²) in [6.07, 6.45) is 0.156. The number of imidazole rings is 1. The molecule has 0 saturated heterocycles. The first-order chi connectivity index (χ1) is 21.7. The van der Waals surface area contributed by atoms with Crippen molar-refractivity contribution in [2.45, 2.75) is 76.7 Å². The number of nitrogens with two attached hydrogens (primary N) is 1. The van der Waals surface area contributed by atoms with Gasteiger partial charge in [0.05, 0.1) is 12.7 Å². The van der Waals surface area contributed by atoms with Crippen LogP contribution in [0.3, 0.4) is 0 Å². The number of benzene rings is 1. The minimum atomic E-state index is -1.80. The molecule has 1 aromatic heterocycles. The number of primary amides is 1. The van der Waals surface area contributed by atoms with Crippen LogP contribution in [0.25, 0.3) is 0 Å². The molecule has 0 saturated carbocycles. The number of amides is 5. The van der Waals surface area contributed by atoms with Crippen molar-refractivity contribution in [3.8, 4) is 0 Å². The van der Waals surface area contributed by atoms with Gasteiger partial charge in [0.15, 0.2) is 0 Å². The van der Waals surface area contributed by atoms with E-state index in [0.717, 1.165) is 5.56 Å². The van der Waals surface area contributed by atoms with Gasteiger partial charge in [-0.3, -0.25) is 24.0 Å². The average molecular weight is 646 g/mol. The Morgan fingerprint density at radius 2 is 1.48 bits per heavy atom. The molecule has 0 unspecified atom stereocenters. The van der Waals surface area contributed by atoms with Crippen LogP contribution < -0.4 is 27.0 Å². The number of rotatable bonds is 19. The first-order valence-corrected chi connectivity index (χ1v) is 14.3. The van der Waals surface area contributed by atoms with Crippen LogP contribution >= 0.6 is 0 Å². The summed E-state index contributed by atoms with van der Waals surface area (Å²) in [6.45, 7) is 3.56. The number of carboxylic acid groups (broad SMARTS) is 2. The van der Waals surface area contributed by atoms with E-state index in [9.17, 15) is 38.7 Å². The van der Waals surface area contributed by atoms with Gasteiger partial charge in [0.1, 0.15) is 30.8 Å². The number of nitrogens with zero attached hydrogens (tertiary/aromatic N) is 1. The van der Waals surface area contributed by atoms with Crippen LogP contribution in [-0.4, -0.2) is 86.0 Å². The highest BCUT2D eigenvalue weighted by atomic mass is 16.5. The Bertz CT molecular complexity index is 1350. The number of alkyl carbamates (subject to hydrolysis) is 1. The van der Waals surface area contributed by atoms with Gasteiger partial charge in [0.2, 0.25) is 23.6 Å². The highest BCUT2D eigenvalue weighted by Crippen LogP contribution is 2.09. The Labute approximate surface area is 264 Å². The van der Waals surface area contributed by atoms with Crippen molar-refractivity contribution in [1.82, 2.24) is 31.2 Å². The molecule has 1 aromatic carbocycles. The van der Waals surface area contributed by atoms with Crippen molar-refractivity contribution in [2.75, 3.05) is 0 Å². The number of carbonyl (C=O) groups is 7. The maximum Gasteiger partial charge on any atom is 0.408 e. The molecule has 9 N–H and O–H groups in total. The van der Waals surface area contributed by atoms with Gasteiger partial charge < -0.3 is 46.9 Å². The maximum absolute atomic E-state index is 13.5. The quantitative estimate of drug-likeness (QED) is 0.0971. The normalized spacial score (nSPS) is 13.4. The summed E-state index contributed by atoms with van der Waals surface area (Å²) in [7, 11) is 0. The molecule has 0 spiro atoms. The second-order valence-electron chi connectivity index (χ2n) is 10.8. The molecule has 17 heteroatoms. The summed E-state index contributed by atoms with van der Waals surface area (Å²) in [4.78, 5) is 93.2. The number of aromatic amines is 1. The summed E-state index contributed by atoms with van der Waals surface area (Å²) >= 11 is 0. The summed E-state index contributed by atoms with van der Waals surface area (Å²) in [5.41, 5.74) is 6.35. The predicted octanol–water partition coefficient (Wildman–Crippen LogP) is -0.427. The van der Waals surface area contributed by atoms with Gasteiger partial charge >= 0.3 is 18.0 Å². The molecule has 46 heavy (non-hydrogen) atoms. The molecule has 0 aliphatic rings. The molecule has 5 amide bonds. The molecule has 17 nitrogen and oxygen atoms in total. The first kappa shape index (κ1) is 36.7. The van der Waals surface area contributed by atoms with Crippen molar-refractivity contribution in [3.05, 3.63) is 54.1 Å². The van der Waals surface area contributed by atoms with Crippen LogP contribution in [0, 0.1) is 5.92 Å². The lowest BCUT2D eigenvalue weighted by atomic mass is 10.0. The number of carboxylic acids is 2. The topological polar surface area (TPSA) is 272 Å². The fraction of sp³-hybridized carbons (Fsp3) is 0.448. The Kier molecular flexibility index (Phi) is 14.6. The van der Waals surface area contributed by atoms with Gasteiger partial charge in [-0.15, -0.1) is 0 Å². The lowest BCUT2D eigenvalue weighted by Crippen LogP contribution is -2.58. The minimum absolute atomic E-state index is 0.0542. The van der Waals surface area contributed by atoms with Gasteiger partial charge in [-0.1, -0.05) is 44.2 Å². The zero-order chi connectivity index (χ0) is 34.2. The number of H-pyrrole nitrogens is 1. The molecule has 0 aliphatic carbocycles. The van der Waals surface area contributed by atoms with Gasteiger partial charge in [-0.25, -0.2) is 14.6 Å². The number of carbonyl (C=O) groups excluding carboxylic acids is 5. The second kappa shape index (κ2) is 18.4. The van der Waals surface area contributed by atoms with E-state index in [1.165, 1.54) is 12.5 Å². The molecule has 0 fully saturated rings. The van der Waals surface area contributed by atoms with Gasteiger partial charge in [0, 0.05) is 24.7 Å². The molecule has 2 rings (SSSR count). The smallest absolute Gasteiger partial charge is 0.408 e. The number of ether oxygens (including phenoxy) is 1. The Morgan fingerprint density at radius 3 is 2.04 bits per heavy atom. The van der Waals surface area contributed by atoms with E-state index in [4.69, 9.17) is 15.6 Å². The Morgan fingerprint density at radius 1 is 0.870 bits per heavy atom. The molecule has 250 valence electrons. The maximum atomic E-state index is 13.5. The fourth-order valence-corrected chi connectivity index (χ4v) is 4.18. The number of nitrogens with one attached hydrogen (secondary N) is 5. The molecular formula is C29H39N7O10. The number of hydrogen-bond acceptors (Lipinski definition) is 9. The third-order valence-corrected chi connectivity index (χ3v) is 6.45. The minimum Gasteiger partial charge on any atom is -0.481 e. The lowest BCUT2D eigenvalue weighted by molar-refractivity contribution is -0.147. The summed E-state index contributed by atoms with van der Waals surface area (Å²) in [5, 5.41) is 27.9. The van der Waals surface area contributed by atoms with E-state index < -0.39 is 72.2 Å². The van der Waals surface area contributed by atoms with E-state index in [1.54, 1.807) is 30.3 Å². The van der Waals surface area contributed by atoms with Crippen LogP contribution in [0.5, 0.6) is 0 Å². The van der Waals surface area contributed by atoms with Crippen LogP contribution in [0.2, 0.25) is 0 Å². The van der Waals surface area contributed by atoms with Crippen LogP contribution in [0.1, 0.15) is 50.8 Å². The van der Waals surface area contributed by atoms with Gasteiger partial charge in [-0.2, -0.15) is 0 Å². The number of aromatic nitrogens is 2. The lowest BCUT2D eigenvalue weighted by Gasteiger charge is -2.26. The zero-order valence-electron chi connectivity index (χ0n) is 25.4. The predicted molar refractivity (Wildman–Crippen MR) is 159 cm³/mol. The molecular weight excluding hydrogens is 606 g/mol. The Balaban J connectivity index is 2.22. The van der Waals surface area contributed by atoms with Crippen LogP contribution in [-0.2, 0) is 46.5 Å². The number of hydrogen-bond donors (Lipinski definition) is 8. The van der Waals surface area contributed by atoms with Crippen molar-refractivity contribution in [2.24, 2.45) is 11.7 Å². The largest absolute Gasteiger partial charge is 0.481 e. The monoisotopic (exact) mass is 645 g/mol. The summed E-state index contributed by atoms with van der Waals surface area (Å²) in [5.74, 6) is -6.70. The molecule has 0 bridgehead atoms. The highest BCUT2D eigenvalue weighted by molar-refractivity contribution is 5.95. The fourth-order valence-electron chi connectivity index (χ4n) is 4.18. The van der Waals surface area contributed by atoms with Crippen molar-refractivity contribution < 1.29 is 48.5 Å². The van der Waals surface area contributed by atoms with E-state index >= 15 is 0 Å². The van der Waals surface area contributed by atoms with Crippen LogP contribution in [0.15, 0.2) is 42.9 Å². The summed E-state index contributed by atoms with van der Waals surface area (Å²) in [6, 6.07) is 3.00. The summed E-state index contributed by atoms with van der Waals surface area (Å²) < 4.78 is 5.22. The van der Waals surface area contributed by atoms with E-state index in [0.29, 0.717) is 5.69 Å². The number of aliphatic carboxylic acids is 2. The van der Waals surface area contributed by atoms with E-state index in [1.807, 2.05) is 13.8 Å². The average Bonchev–Trinajstić information content (AvgIpc) is 3.50. The first-order valence-electron chi connectivity index (χ1n) is 14.3. The Hall–Kier alpha value is -5.48. The molecule has 1 heterocycles. The van der Waals surface area contributed by atoms with Crippen molar-refractivity contribution in [1.29, 1.82) is 0 Å². The van der Waals surface area contributed by atoms with E-state index in [2.05, 4.69) is 31.2 Å². The standard InChI is InChI=1S/C29H39N7O10/c1-16(2)10-20(36-29(45)46-14-17-6-4-3-5-7-17)26(41)33-19(8-9-23(30)37)25(40)34-21(11-18-13-31-15-32-18)27(42)35-22(28(43)44)12-24(38)39/h3-7,13,15-16,19-22H,8-12,14H2,1-2H3,(H2,30,37)(H,31,32)(H,33,41)(H,34,40)(H,35,42)(H,36,45)(H,38,39)(H,43,44)/t19-,20-,21-,22-/m0/s1. The zero-order valence-corrected chi connectivity index (χ0v) is 25.4. The second-order valence-corrected chi connectivity index (χ2v) is 10.8. The molecule has 0 aliphatic heterocycles. The SMILES string of the molecule is CC(C)C[C@H](NC(=O)OCc1ccccc1)C(=O)N[C@@H](CCC(N)=O)C(=O)N[C@@H](Cc1cnc[nH]1)C(=O)N[C@@H](CC(=O)O)C(=O)O.